The van der Waals surface area contributed by atoms with E-state index in [0.717, 1.165) is 10.3 Å². The van der Waals surface area contributed by atoms with E-state index in [9.17, 15) is 4.79 Å². The molecular weight excluding hydrogens is 246 g/mol. The molecule has 4 nitrogen and oxygen atoms in total. The van der Waals surface area contributed by atoms with Gasteiger partial charge in [0.1, 0.15) is 10.3 Å². The van der Waals surface area contributed by atoms with Crippen molar-refractivity contribution in [1.29, 1.82) is 0 Å². The molecule has 2 aromatic rings. The number of halogens is 1. The van der Waals surface area contributed by atoms with E-state index in [0.29, 0.717) is 5.69 Å². The first kappa shape index (κ1) is 9.36. The summed E-state index contributed by atoms with van der Waals surface area (Å²) < 4.78 is 2.49. The third-order valence-corrected chi connectivity index (χ3v) is 2.52. The molecule has 2 N–H and O–H groups in total. The number of carbonyl (C=O) groups is 1. The molecule has 2 rings (SSSR count). The van der Waals surface area contributed by atoms with Crippen LogP contribution in [-0.4, -0.2) is 21.7 Å². The van der Waals surface area contributed by atoms with E-state index in [1.807, 2.05) is 6.07 Å². The van der Waals surface area contributed by atoms with Gasteiger partial charge in [0.2, 0.25) is 0 Å². The van der Waals surface area contributed by atoms with E-state index >= 15 is 0 Å². The van der Waals surface area contributed by atoms with Crippen LogP contribution in [0.15, 0.2) is 29.0 Å². The van der Waals surface area contributed by atoms with Gasteiger partial charge >= 0.3 is 0 Å². The van der Waals surface area contributed by atoms with Crippen LogP contribution in [0.1, 0.15) is 10.5 Å². The molecule has 0 unspecified atom stereocenters. The monoisotopic (exact) mass is 253 g/mol. The van der Waals surface area contributed by atoms with Crippen LogP contribution in [0.2, 0.25) is 0 Å². The second-order valence-corrected chi connectivity index (χ2v) is 3.63. The molecule has 0 bridgehead atoms. The summed E-state index contributed by atoms with van der Waals surface area (Å²) in [4.78, 5) is 15.6. The molecule has 0 atom stereocenters. The number of Topliss-reactive ketones (excluding diaryl/α,β-unsaturated/α-hetero) is 1. The predicted molar refractivity (Wildman–Crippen MR) is 56.3 cm³/mol. The minimum atomic E-state index is -0.102. The van der Waals surface area contributed by atoms with Gasteiger partial charge in [-0.15, -0.1) is 0 Å². The van der Waals surface area contributed by atoms with Crippen LogP contribution in [0.3, 0.4) is 0 Å². The third kappa shape index (κ3) is 1.34. The Morgan fingerprint density at radius 1 is 1.57 bits per heavy atom. The molecule has 0 saturated carbocycles. The summed E-state index contributed by atoms with van der Waals surface area (Å²) >= 11 is 3.32. The minimum Gasteiger partial charge on any atom is -0.324 e. The molecule has 0 amide bonds. The number of imidazole rings is 1. The molecule has 0 aliphatic carbocycles. The second kappa shape index (κ2) is 3.51. The number of ketones is 1. The van der Waals surface area contributed by atoms with Gasteiger partial charge in [-0.2, -0.15) is 0 Å². The minimum absolute atomic E-state index is 0.00370. The van der Waals surface area contributed by atoms with Gasteiger partial charge in [0.25, 0.3) is 0 Å². The van der Waals surface area contributed by atoms with Gasteiger partial charge in [0, 0.05) is 0 Å². The molecule has 5 heteroatoms. The Bertz CT molecular complexity index is 492. The highest BCUT2D eigenvalue weighted by Crippen LogP contribution is 2.15. The standard InChI is InChI=1S/C9H8BrN3O/c10-8-5-12-9-3-1-2-6(13(8)9)7(14)4-11/h1-3,5H,4,11H2. The molecule has 0 saturated heterocycles. The first-order chi connectivity index (χ1) is 6.74. The number of hydrogen-bond acceptors (Lipinski definition) is 3. The highest BCUT2D eigenvalue weighted by Gasteiger charge is 2.10. The van der Waals surface area contributed by atoms with Crippen molar-refractivity contribution in [2.24, 2.45) is 5.73 Å². The Kier molecular flexibility index (Phi) is 2.35. The summed E-state index contributed by atoms with van der Waals surface area (Å²) in [6, 6.07) is 5.35. The van der Waals surface area contributed by atoms with Crippen molar-refractivity contribution >= 4 is 27.4 Å². The first-order valence-electron chi connectivity index (χ1n) is 4.09. The molecule has 14 heavy (non-hydrogen) atoms. The summed E-state index contributed by atoms with van der Waals surface area (Å²) in [5.74, 6) is -0.102. The van der Waals surface area contributed by atoms with Crippen molar-refractivity contribution in [2.75, 3.05) is 6.54 Å². The molecule has 0 aliphatic rings. The Hall–Kier alpha value is -1.20. The lowest BCUT2D eigenvalue weighted by molar-refractivity contribution is 0.0995. The molecule has 0 fully saturated rings. The smallest absolute Gasteiger partial charge is 0.193 e. The molecule has 0 aromatic carbocycles. The van der Waals surface area contributed by atoms with E-state index < -0.39 is 0 Å². The molecular formula is C9H8BrN3O. The second-order valence-electron chi connectivity index (χ2n) is 2.81. The molecule has 2 heterocycles. The normalized spacial score (nSPS) is 10.7. The van der Waals surface area contributed by atoms with Crippen LogP contribution < -0.4 is 5.73 Å². The summed E-state index contributed by atoms with van der Waals surface area (Å²) in [6.45, 7) is 0.00370. The van der Waals surface area contributed by atoms with Crippen LogP contribution in [0.5, 0.6) is 0 Å². The maximum absolute atomic E-state index is 11.5. The quantitative estimate of drug-likeness (QED) is 0.820. The zero-order valence-corrected chi connectivity index (χ0v) is 8.86. The van der Waals surface area contributed by atoms with Gasteiger partial charge in [-0.3, -0.25) is 9.20 Å². The van der Waals surface area contributed by atoms with Gasteiger partial charge in [-0.25, -0.2) is 4.98 Å². The number of hydrogen-bond donors (Lipinski definition) is 1. The van der Waals surface area contributed by atoms with Gasteiger partial charge in [0.05, 0.1) is 18.4 Å². The van der Waals surface area contributed by atoms with Crippen molar-refractivity contribution in [3.8, 4) is 0 Å². The Balaban J connectivity index is 2.75. The number of aromatic nitrogens is 2. The van der Waals surface area contributed by atoms with E-state index in [2.05, 4.69) is 20.9 Å². The summed E-state index contributed by atoms with van der Waals surface area (Å²) in [5.41, 5.74) is 6.60. The summed E-state index contributed by atoms with van der Waals surface area (Å²) in [6.07, 6.45) is 1.66. The van der Waals surface area contributed by atoms with Crippen molar-refractivity contribution < 1.29 is 4.79 Å². The Morgan fingerprint density at radius 2 is 2.36 bits per heavy atom. The molecule has 0 aliphatic heterocycles. The lowest BCUT2D eigenvalue weighted by atomic mass is 10.2. The Labute approximate surface area is 88.9 Å². The third-order valence-electron chi connectivity index (χ3n) is 1.96. The fourth-order valence-electron chi connectivity index (χ4n) is 1.32. The average Bonchev–Trinajstić information content (AvgIpc) is 2.59. The van der Waals surface area contributed by atoms with Crippen LogP contribution in [0, 0.1) is 0 Å². The predicted octanol–water partition coefficient (Wildman–Crippen LogP) is 1.24. The largest absolute Gasteiger partial charge is 0.324 e. The number of pyridine rings is 1. The number of carbonyl (C=O) groups excluding carboxylic acids is 1. The zero-order valence-electron chi connectivity index (χ0n) is 7.27. The SMILES string of the molecule is NCC(=O)c1cccc2ncc(Br)n12. The lowest BCUT2D eigenvalue weighted by Gasteiger charge is -2.03. The van der Waals surface area contributed by atoms with Crippen molar-refractivity contribution in [3.63, 3.8) is 0 Å². The maximum atomic E-state index is 11.5. The van der Waals surface area contributed by atoms with Crippen molar-refractivity contribution in [1.82, 2.24) is 9.38 Å². The molecule has 0 radical (unpaired) electrons. The van der Waals surface area contributed by atoms with E-state index in [4.69, 9.17) is 5.73 Å². The average molecular weight is 254 g/mol. The van der Waals surface area contributed by atoms with E-state index in [-0.39, 0.29) is 12.3 Å². The highest BCUT2D eigenvalue weighted by molar-refractivity contribution is 9.10. The van der Waals surface area contributed by atoms with Crippen LogP contribution in [0.25, 0.3) is 5.65 Å². The number of rotatable bonds is 2. The summed E-state index contributed by atoms with van der Waals surface area (Å²) in [5, 5.41) is 0. The van der Waals surface area contributed by atoms with Gasteiger partial charge in [0.15, 0.2) is 5.78 Å². The zero-order chi connectivity index (χ0) is 10.1. The van der Waals surface area contributed by atoms with E-state index in [1.54, 1.807) is 22.7 Å². The molecule has 72 valence electrons. The number of nitrogens with two attached hydrogens (primary N) is 1. The van der Waals surface area contributed by atoms with Crippen LogP contribution in [-0.2, 0) is 0 Å². The summed E-state index contributed by atoms with van der Waals surface area (Å²) in [7, 11) is 0. The topological polar surface area (TPSA) is 60.4 Å². The van der Waals surface area contributed by atoms with Crippen LogP contribution in [0.4, 0.5) is 0 Å². The van der Waals surface area contributed by atoms with Crippen molar-refractivity contribution in [2.45, 2.75) is 0 Å². The Morgan fingerprint density at radius 3 is 3.07 bits per heavy atom. The fourth-order valence-corrected chi connectivity index (χ4v) is 1.80. The highest BCUT2D eigenvalue weighted by atomic mass is 79.9. The van der Waals surface area contributed by atoms with Gasteiger partial charge < -0.3 is 5.73 Å². The molecule has 0 spiro atoms. The maximum Gasteiger partial charge on any atom is 0.193 e. The number of nitrogens with zero attached hydrogens (tertiary/aromatic N) is 2. The van der Waals surface area contributed by atoms with Crippen molar-refractivity contribution in [3.05, 3.63) is 34.7 Å². The van der Waals surface area contributed by atoms with Crippen LogP contribution >= 0.6 is 15.9 Å². The molecule has 2 aromatic heterocycles. The number of fused-ring (bicyclic) bond motifs is 1. The fraction of sp³-hybridized carbons (Fsp3) is 0.111. The lowest BCUT2D eigenvalue weighted by Crippen LogP contribution is -2.16. The van der Waals surface area contributed by atoms with Gasteiger partial charge in [-0.05, 0) is 28.1 Å². The van der Waals surface area contributed by atoms with E-state index in [1.165, 1.54) is 0 Å². The van der Waals surface area contributed by atoms with Gasteiger partial charge in [-0.1, -0.05) is 6.07 Å². The first-order valence-corrected chi connectivity index (χ1v) is 4.88.